The van der Waals surface area contributed by atoms with Crippen LogP contribution in [0.15, 0.2) is 102 Å². The number of β-lactam (4-membered cyclic amide) rings is 1. The number of nitro groups is 1. The van der Waals surface area contributed by atoms with E-state index in [1.165, 1.54) is 40.9 Å². The molecule has 1 amide bonds. The number of hydrogen-bond acceptors (Lipinski definition) is 9. The van der Waals surface area contributed by atoms with Gasteiger partial charge in [-0.05, 0) is 36.3 Å². The third-order valence-electron chi connectivity index (χ3n) is 9.12. The monoisotopic (exact) mass is 664 g/mol. The maximum atomic E-state index is 13.8. The number of carbonyl (C=O) groups is 2. The molecule has 13 heteroatoms. The Morgan fingerprint density at radius 2 is 1.90 bits per heavy atom. The summed E-state index contributed by atoms with van der Waals surface area (Å²) >= 11 is 1.35. The minimum absolute atomic E-state index is 0.0437. The highest BCUT2D eigenvalue weighted by Gasteiger charge is 2.62. The third-order valence-corrected chi connectivity index (χ3v) is 10.4. The third kappa shape index (κ3) is 5.22. The predicted octanol–water partition coefficient (Wildman–Crippen LogP) is 3.80. The molecule has 3 aliphatic heterocycles. The number of thioether (sulfide) groups is 1. The largest absolute Gasteiger partial charge is 0.456 e. The van der Waals surface area contributed by atoms with Crippen LogP contribution < -0.4 is 4.57 Å². The average Bonchev–Trinajstić information content (AvgIpc) is 3.72. The molecular weight excluding hydrogens is 634 g/mol. The van der Waals surface area contributed by atoms with E-state index in [9.17, 15) is 29.6 Å². The van der Waals surface area contributed by atoms with Crippen molar-refractivity contribution in [2.24, 2.45) is 11.8 Å². The Kier molecular flexibility index (Phi) is 8.04. The van der Waals surface area contributed by atoms with Crippen molar-refractivity contribution >= 4 is 41.0 Å². The Morgan fingerprint density at radius 1 is 1.15 bits per heavy atom. The van der Waals surface area contributed by atoms with Gasteiger partial charge in [0.1, 0.15) is 41.0 Å². The molecule has 7 rings (SSSR count). The second-order valence-electron chi connectivity index (χ2n) is 12.1. The first kappa shape index (κ1) is 31.3. The summed E-state index contributed by atoms with van der Waals surface area (Å²) in [5, 5.41) is 21.5. The van der Waals surface area contributed by atoms with E-state index in [-0.39, 0.29) is 23.7 Å². The van der Waals surface area contributed by atoms with E-state index in [4.69, 9.17) is 4.74 Å². The number of nitro benzene ring substituents is 1. The zero-order valence-electron chi connectivity index (χ0n) is 25.9. The maximum Gasteiger partial charge on any atom is 0.355 e. The number of pyridine rings is 1. The lowest BCUT2D eigenvalue weighted by Gasteiger charge is -2.46. The summed E-state index contributed by atoms with van der Waals surface area (Å²) in [5.41, 5.74) is 3.89. The summed E-state index contributed by atoms with van der Waals surface area (Å²) in [7, 11) is 0. The molecule has 5 atom stereocenters. The number of fused-ring (bicyclic) bond motifs is 2. The Hall–Kier alpha value is -5.36. The number of carbonyl (C=O) groups excluding carboxylic acids is 3. The van der Waals surface area contributed by atoms with Crippen molar-refractivity contribution in [3.8, 4) is 11.3 Å². The molecule has 4 aromatic rings. The van der Waals surface area contributed by atoms with E-state index >= 15 is 0 Å². The van der Waals surface area contributed by atoms with Crippen LogP contribution in [0.5, 0.6) is 0 Å². The first-order valence-electron chi connectivity index (χ1n) is 15.4. The molecule has 1 fully saturated rings. The number of non-ortho nitro benzene ring substituents is 1. The molecule has 48 heavy (non-hydrogen) atoms. The van der Waals surface area contributed by atoms with Crippen LogP contribution in [0.2, 0.25) is 0 Å². The molecule has 12 nitrogen and oxygen atoms in total. The fourth-order valence-electron chi connectivity index (χ4n) is 6.85. The van der Waals surface area contributed by atoms with E-state index in [1.54, 1.807) is 17.8 Å². The topological polar surface area (TPSA) is 149 Å². The first-order valence-corrected chi connectivity index (χ1v) is 16.2. The van der Waals surface area contributed by atoms with Crippen molar-refractivity contribution < 1.29 is 33.7 Å². The number of hydrogen-bond donors (Lipinski definition) is 1. The van der Waals surface area contributed by atoms with Gasteiger partial charge in [-0.1, -0.05) is 49.0 Å². The molecule has 2 aromatic carbocycles. The van der Waals surface area contributed by atoms with E-state index in [2.05, 4.69) is 27.6 Å². The standard InChI is InChI=1S/C35H30N5O7S/c1-20-27(31(39-30(20)28(21(2)42)33(39)43)35(44)47-18-23-10-12-25(13-11-23)40(45)46)32-26(17-41)38-19-36-29(34(38)48-32)24-9-6-14-37(16-24)15-22-7-4-3-5-8-22/h3-14,16,19-21,28,30,32,42H,15,18H2,1-2H3/q+1/t20-,21+,28+,30+,32?/m0/s1. The van der Waals surface area contributed by atoms with Gasteiger partial charge in [-0.25, -0.2) is 19.1 Å². The summed E-state index contributed by atoms with van der Waals surface area (Å²) in [6.07, 6.45) is 4.59. The highest BCUT2D eigenvalue weighted by molar-refractivity contribution is 8.01. The Morgan fingerprint density at radius 3 is 2.58 bits per heavy atom. The van der Waals surface area contributed by atoms with Gasteiger partial charge >= 0.3 is 5.97 Å². The number of aliphatic hydroxyl groups is 1. The number of amides is 1. The minimum atomic E-state index is -0.944. The number of aliphatic hydroxyl groups excluding tert-OH is 1. The SMILES string of the molecule is C[C@@H](O)[C@H]1C(=O)N2C(C(=O)OCc3ccc([N+](=O)[O-])cc3)=C(C3Sc4c(-c5ccc[n+](Cc6ccccc6)c5)ncn4C3=C=O)[C@H](C)[C@H]12. The molecular formula is C35H30N5O7S+. The van der Waals surface area contributed by atoms with Gasteiger partial charge in [-0.2, -0.15) is 0 Å². The highest BCUT2D eigenvalue weighted by Crippen LogP contribution is 2.55. The minimum Gasteiger partial charge on any atom is -0.456 e. The number of esters is 1. The van der Waals surface area contributed by atoms with E-state index < -0.39 is 46.0 Å². The van der Waals surface area contributed by atoms with Gasteiger partial charge in [-0.3, -0.25) is 19.5 Å². The molecule has 0 radical (unpaired) electrons. The van der Waals surface area contributed by atoms with Crippen molar-refractivity contribution in [3.63, 3.8) is 0 Å². The van der Waals surface area contributed by atoms with E-state index in [0.29, 0.717) is 28.4 Å². The van der Waals surface area contributed by atoms with Crippen LogP contribution in [-0.2, 0) is 32.3 Å². The molecule has 1 unspecified atom stereocenters. The summed E-state index contributed by atoms with van der Waals surface area (Å²) in [6, 6.07) is 19.1. The second-order valence-corrected chi connectivity index (χ2v) is 13.2. The van der Waals surface area contributed by atoms with Crippen molar-refractivity contribution in [3.05, 3.63) is 118 Å². The van der Waals surface area contributed by atoms with Crippen LogP contribution in [-0.4, -0.2) is 59.7 Å². The van der Waals surface area contributed by atoms with Gasteiger partial charge < -0.3 is 14.7 Å². The molecule has 0 aliphatic carbocycles. The molecule has 0 spiro atoms. The number of imidazole rings is 1. The molecule has 0 saturated carbocycles. The van der Waals surface area contributed by atoms with E-state index in [1.807, 2.05) is 49.6 Å². The lowest BCUT2D eigenvalue weighted by molar-refractivity contribution is -0.687. The van der Waals surface area contributed by atoms with Crippen LogP contribution in [0, 0.1) is 22.0 Å². The smallest absolute Gasteiger partial charge is 0.355 e. The number of aromatic nitrogens is 3. The lowest BCUT2D eigenvalue weighted by atomic mass is 9.77. The summed E-state index contributed by atoms with van der Waals surface area (Å²) < 4.78 is 9.40. The Balaban J connectivity index is 1.22. The van der Waals surface area contributed by atoms with E-state index in [0.717, 1.165) is 11.1 Å². The van der Waals surface area contributed by atoms with Crippen LogP contribution in [0.1, 0.15) is 25.0 Å². The first-order chi connectivity index (χ1) is 23.2. The summed E-state index contributed by atoms with van der Waals surface area (Å²) in [5.74, 6) is -0.195. The number of nitrogens with zero attached hydrogens (tertiary/aromatic N) is 5. The van der Waals surface area contributed by atoms with Gasteiger partial charge in [-0.15, -0.1) is 0 Å². The second kappa shape index (κ2) is 12.3. The predicted molar refractivity (Wildman–Crippen MR) is 173 cm³/mol. The van der Waals surface area contributed by atoms with Gasteiger partial charge in [0.05, 0.1) is 33.8 Å². The molecule has 2 aromatic heterocycles. The number of ether oxygens (including phenoxy) is 1. The molecule has 5 heterocycles. The summed E-state index contributed by atoms with van der Waals surface area (Å²) in [6.45, 7) is 3.90. The van der Waals surface area contributed by atoms with Gasteiger partial charge in [0.25, 0.3) is 5.69 Å². The fourth-order valence-corrected chi connectivity index (χ4v) is 8.34. The molecule has 3 aliphatic rings. The normalized spacial score (nSPS) is 21.8. The van der Waals surface area contributed by atoms with Crippen LogP contribution in [0.3, 0.4) is 0 Å². The average molecular weight is 665 g/mol. The zero-order valence-corrected chi connectivity index (χ0v) is 26.7. The molecule has 242 valence electrons. The number of rotatable bonds is 9. The van der Waals surface area contributed by atoms with Gasteiger partial charge in [0.15, 0.2) is 18.9 Å². The van der Waals surface area contributed by atoms with Crippen molar-refractivity contribution in [1.82, 2.24) is 14.5 Å². The maximum absolute atomic E-state index is 13.8. The van der Waals surface area contributed by atoms with Crippen molar-refractivity contribution in [1.29, 1.82) is 0 Å². The fraction of sp³-hybridized carbons (Fsp3) is 0.257. The highest BCUT2D eigenvalue weighted by atomic mass is 32.2. The summed E-state index contributed by atoms with van der Waals surface area (Å²) in [4.78, 5) is 56.3. The van der Waals surface area contributed by atoms with Crippen molar-refractivity contribution in [2.45, 2.75) is 49.4 Å². The van der Waals surface area contributed by atoms with Crippen LogP contribution in [0.4, 0.5) is 5.69 Å². The molecule has 0 bridgehead atoms. The zero-order chi connectivity index (χ0) is 33.7. The van der Waals surface area contributed by atoms with Crippen LogP contribution >= 0.6 is 11.8 Å². The van der Waals surface area contributed by atoms with Gasteiger partial charge in [0, 0.05) is 29.7 Å². The van der Waals surface area contributed by atoms with Gasteiger partial charge in [0.2, 0.25) is 5.91 Å². The van der Waals surface area contributed by atoms with Crippen molar-refractivity contribution in [2.75, 3.05) is 0 Å². The Bertz CT molecular complexity index is 2040. The quantitative estimate of drug-likeness (QED) is 0.0705. The number of benzene rings is 2. The molecule has 1 saturated heterocycles. The Labute approximate surface area is 279 Å². The van der Waals surface area contributed by atoms with Crippen LogP contribution in [0.25, 0.3) is 17.0 Å². The lowest BCUT2D eigenvalue weighted by Crippen LogP contribution is -2.63. The molecule has 1 N–H and O–H groups in total.